The van der Waals surface area contributed by atoms with Gasteiger partial charge in [0.05, 0.1) is 10.6 Å². The SMILES string of the molecule is CC1=CC(C)=NC2C(C(=O)NCc3ccc(S(=O)(=O)N4CCCC4)cc3)C(C)=NN12. The van der Waals surface area contributed by atoms with Crippen LogP contribution in [0.5, 0.6) is 0 Å². The van der Waals surface area contributed by atoms with Crippen LogP contribution in [-0.2, 0) is 21.4 Å². The lowest BCUT2D eigenvalue weighted by Gasteiger charge is -2.28. The highest BCUT2D eigenvalue weighted by Gasteiger charge is 2.41. The van der Waals surface area contributed by atoms with Crippen LogP contribution in [-0.4, -0.2) is 54.3 Å². The molecule has 3 aliphatic rings. The van der Waals surface area contributed by atoms with Gasteiger partial charge in [-0.25, -0.2) is 13.4 Å². The highest BCUT2D eigenvalue weighted by Crippen LogP contribution is 2.30. The molecule has 1 aromatic rings. The van der Waals surface area contributed by atoms with Gasteiger partial charge in [0.25, 0.3) is 0 Å². The van der Waals surface area contributed by atoms with Crippen molar-refractivity contribution in [1.29, 1.82) is 0 Å². The first-order valence-electron chi connectivity index (χ1n) is 10.2. The third-order valence-electron chi connectivity index (χ3n) is 5.75. The smallest absolute Gasteiger partial charge is 0.243 e. The number of nitrogens with zero attached hydrogens (tertiary/aromatic N) is 4. The Hall–Kier alpha value is -2.52. The van der Waals surface area contributed by atoms with Crippen molar-refractivity contribution in [3.05, 3.63) is 41.6 Å². The molecule has 9 heteroatoms. The standard InChI is InChI=1S/C21H27N5O3S/c1-14-12-15(2)26-20(23-14)19(16(3)24-26)21(27)22-13-17-6-8-18(9-7-17)30(28,29)25-10-4-5-11-25/h6-9,12,19-20H,4-5,10-11,13H2,1-3H3,(H,22,27). The van der Waals surface area contributed by atoms with Gasteiger partial charge in [-0.1, -0.05) is 12.1 Å². The molecule has 3 aliphatic heterocycles. The van der Waals surface area contributed by atoms with Crippen molar-refractivity contribution in [1.82, 2.24) is 14.6 Å². The van der Waals surface area contributed by atoms with E-state index < -0.39 is 15.9 Å². The van der Waals surface area contributed by atoms with Crippen LogP contribution in [0.15, 0.2) is 51.0 Å². The molecule has 30 heavy (non-hydrogen) atoms. The van der Waals surface area contributed by atoms with Crippen LogP contribution in [0.3, 0.4) is 0 Å². The Balaban J connectivity index is 1.41. The second-order valence-corrected chi connectivity index (χ2v) is 9.94. The molecule has 1 aromatic carbocycles. The van der Waals surface area contributed by atoms with Crippen molar-refractivity contribution < 1.29 is 13.2 Å². The Morgan fingerprint density at radius 1 is 1.13 bits per heavy atom. The number of hydrazone groups is 1. The lowest BCUT2D eigenvalue weighted by molar-refractivity contribution is -0.124. The number of rotatable bonds is 5. The van der Waals surface area contributed by atoms with Gasteiger partial charge in [-0.2, -0.15) is 9.41 Å². The van der Waals surface area contributed by atoms with Crippen molar-refractivity contribution in [2.45, 2.75) is 51.2 Å². The molecule has 3 heterocycles. The predicted molar refractivity (Wildman–Crippen MR) is 115 cm³/mol. The summed E-state index contributed by atoms with van der Waals surface area (Å²) in [5.74, 6) is -0.581. The van der Waals surface area contributed by atoms with Gasteiger partial charge in [-0.15, -0.1) is 0 Å². The molecule has 0 spiro atoms. The van der Waals surface area contributed by atoms with E-state index in [1.54, 1.807) is 29.3 Å². The topological polar surface area (TPSA) is 94.4 Å². The fraction of sp³-hybridized carbons (Fsp3) is 0.476. The molecule has 0 aliphatic carbocycles. The number of fused-ring (bicyclic) bond motifs is 1. The van der Waals surface area contributed by atoms with Gasteiger partial charge in [0, 0.05) is 31.0 Å². The molecule has 0 radical (unpaired) electrons. The third-order valence-corrected chi connectivity index (χ3v) is 7.67. The summed E-state index contributed by atoms with van der Waals surface area (Å²) >= 11 is 0. The number of carbonyl (C=O) groups excluding carboxylic acids is 1. The van der Waals surface area contributed by atoms with E-state index in [1.807, 2.05) is 26.8 Å². The molecule has 2 unspecified atom stereocenters. The number of aliphatic imine (C=N–C) groups is 1. The Morgan fingerprint density at radius 2 is 1.80 bits per heavy atom. The average molecular weight is 430 g/mol. The molecule has 1 saturated heterocycles. The molecule has 2 atom stereocenters. The molecular formula is C21H27N5O3S. The van der Waals surface area contributed by atoms with Crippen molar-refractivity contribution in [2.75, 3.05) is 13.1 Å². The van der Waals surface area contributed by atoms with Crippen LogP contribution in [0.1, 0.15) is 39.2 Å². The van der Waals surface area contributed by atoms with Crippen LogP contribution in [0.2, 0.25) is 0 Å². The molecule has 1 amide bonds. The Labute approximate surface area is 177 Å². The van der Waals surface area contributed by atoms with Crippen molar-refractivity contribution in [2.24, 2.45) is 16.0 Å². The maximum atomic E-state index is 12.9. The van der Waals surface area contributed by atoms with Crippen LogP contribution in [0, 0.1) is 5.92 Å². The zero-order chi connectivity index (χ0) is 21.5. The fourth-order valence-electron chi connectivity index (χ4n) is 4.16. The van der Waals surface area contributed by atoms with Gasteiger partial charge >= 0.3 is 0 Å². The minimum Gasteiger partial charge on any atom is -0.351 e. The summed E-state index contributed by atoms with van der Waals surface area (Å²) in [5.41, 5.74) is 3.42. The molecule has 4 rings (SSSR count). The molecule has 1 fully saturated rings. The summed E-state index contributed by atoms with van der Waals surface area (Å²) in [7, 11) is -3.43. The number of hydrogen-bond acceptors (Lipinski definition) is 6. The van der Waals surface area contributed by atoms with E-state index in [2.05, 4.69) is 15.4 Å². The second-order valence-electron chi connectivity index (χ2n) is 8.01. The number of sulfonamides is 1. The number of hydrogen-bond donors (Lipinski definition) is 1. The summed E-state index contributed by atoms with van der Waals surface area (Å²) in [6, 6.07) is 6.73. The zero-order valence-corrected chi connectivity index (χ0v) is 18.3. The van der Waals surface area contributed by atoms with Crippen LogP contribution in [0.25, 0.3) is 0 Å². The van der Waals surface area contributed by atoms with Crippen LogP contribution < -0.4 is 5.32 Å². The van der Waals surface area contributed by atoms with E-state index in [1.165, 1.54) is 4.31 Å². The first-order chi connectivity index (χ1) is 14.3. The Bertz CT molecular complexity index is 1040. The first kappa shape index (κ1) is 20.7. The first-order valence-corrected chi connectivity index (χ1v) is 11.7. The van der Waals surface area contributed by atoms with Crippen molar-refractivity contribution in [3.63, 3.8) is 0 Å². The van der Waals surface area contributed by atoms with Gasteiger partial charge in [0.15, 0.2) is 6.17 Å². The molecule has 0 bridgehead atoms. The van der Waals surface area contributed by atoms with Gasteiger partial charge in [0.2, 0.25) is 15.9 Å². The molecule has 1 N–H and O–H groups in total. The number of carbonyl (C=O) groups is 1. The van der Waals surface area contributed by atoms with Crippen molar-refractivity contribution >= 4 is 27.4 Å². The minimum absolute atomic E-state index is 0.135. The summed E-state index contributed by atoms with van der Waals surface area (Å²) in [6.45, 7) is 7.20. The summed E-state index contributed by atoms with van der Waals surface area (Å²) in [4.78, 5) is 17.8. The van der Waals surface area contributed by atoms with E-state index >= 15 is 0 Å². The maximum absolute atomic E-state index is 12.9. The molecule has 0 aromatic heterocycles. The number of allylic oxidation sites excluding steroid dienone is 2. The van der Waals surface area contributed by atoms with Crippen LogP contribution in [0.4, 0.5) is 0 Å². The van der Waals surface area contributed by atoms with Gasteiger partial charge in [0.1, 0.15) is 5.92 Å². The van der Waals surface area contributed by atoms with E-state index in [0.29, 0.717) is 24.5 Å². The molecule has 8 nitrogen and oxygen atoms in total. The maximum Gasteiger partial charge on any atom is 0.243 e. The third kappa shape index (κ3) is 3.79. The van der Waals surface area contributed by atoms with E-state index in [9.17, 15) is 13.2 Å². The Morgan fingerprint density at radius 3 is 2.47 bits per heavy atom. The van der Waals surface area contributed by atoms with E-state index in [-0.39, 0.29) is 12.1 Å². The Kier molecular flexibility index (Phi) is 5.50. The summed E-state index contributed by atoms with van der Waals surface area (Å²) in [6.07, 6.45) is 3.42. The number of benzene rings is 1. The number of nitrogens with one attached hydrogen (secondary N) is 1. The van der Waals surface area contributed by atoms with Crippen LogP contribution >= 0.6 is 0 Å². The monoisotopic (exact) mass is 429 g/mol. The fourth-order valence-corrected chi connectivity index (χ4v) is 5.68. The van der Waals surface area contributed by atoms with Crippen molar-refractivity contribution in [3.8, 4) is 0 Å². The average Bonchev–Trinajstić information content (AvgIpc) is 3.35. The zero-order valence-electron chi connectivity index (χ0n) is 17.5. The summed E-state index contributed by atoms with van der Waals surface area (Å²) < 4.78 is 26.8. The highest BCUT2D eigenvalue weighted by molar-refractivity contribution is 7.89. The molecule has 160 valence electrons. The largest absolute Gasteiger partial charge is 0.351 e. The van der Waals surface area contributed by atoms with Gasteiger partial charge in [-0.05, 0) is 57.4 Å². The molecule has 0 saturated carbocycles. The highest BCUT2D eigenvalue weighted by atomic mass is 32.2. The normalized spacial score (nSPS) is 24.2. The quantitative estimate of drug-likeness (QED) is 0.776. The predicted octanol–water partition coefficient (Wildman–Crippen LogP) is 2.10. The lowest BCUT2D eigenvalue weighted by atomic mass is 9.99. The molecular weight excluding hydrogens is 402 g/mol. The summed E-state index contributed by atoms with van der Waals surface area (Å²) in [5, 5.41) is 9.25. The van der Waals surface area contributed by atoms with Gasteiger partial charge < -0.3 is 5.32 Å². The van der Waals surface area contributed by atoms with Gasteiger partial charge in [-0.3, -0.25) is 9.79 Å². The second kappa shape index (κ2) is 7.96. The van der Waals surface area contributed by atoms with E-state index in [0.717, 1.165) is 35.5 Å². The lowest BCUT2D eigenvalue weighted by Crippen LogP contribution is -2.42. The number of amides is 1. The van der Waals surface area contributed by atoms with E-state index in [4.69, 9.17) is 0 Å². The minimum atomic E-state index is -3.43.